The molecular formula is C20H34IN5. The lowest BCUT2D eigenvalue weighted by Crippen LogP contribution is -2.46. The molecule has 0 saturated carbocycles. The van der Waals surface area contributed by atoms with Crippen molar-refractivity contribution in [3.63, 3.8) is 0 Å². The molecule has 1 saturated heterocycles. The number of likely N-dealkylation sites (N-methyl/N-ethyl adjacent to an activating group) is 1. The molecule has 146 valence electrons. The molecule has 6 heteroatoms. The summed E-state index contributed by atoms with van der Waals surface area (Å²) < 4.78 is 0. The summed E-state index contributed by atoms with van der Waals surface area (Å²) in [4.78, 5) is 12.0. The average Bonchev–Trinajstić information content (AvgIpc) is 3.09. The second-order valence-corrected chi connectivity index (χ2v) is 6.99. The molecule has 2 aliphatic heterocycles. The standard InChI is InChI=1S/C20H33N5.HI/c1-3-23-14-16-24(17-15-23)12-7-6-11-22-20(21-2)25-13-10-18-8-4-5-9-19(18)25;/h4-5,8-9H,3,6-7,10-17H2,1-2H3,(H,21,22);1H. The quantitative estimate of drug-likeness (QED) is 0.300. The molecule has 26 heavy (non-hydrogen) atoms. The first kappa shape index (κ1) is 21.4. The Morgan fingerprint density at radius 3 is 2.50 bits per heavy atom. The van der Waals surface area contributed by atoms with Crippen LogP contribution in [0.25, 0.3) is 0 Å². The Bertz CT molecular complexity index is 569. The van der Waals surface area contributed by atoms with Gasteiger partial charge in [0, 0.05) is 52.0 Å². The highest BCUT2D eigenvalue weighted by Gasteiger charge is 2.22. The van der Waals surface area contributed by atoms with E-state index in [2.05, 4.69) is 56.2 Å². The van der Waals surface area contributed by atoms with Gasteiger partial charge < -0.3 is 20.0 Å². The van der Waals surface area contributed by atoms with Crippen molar-refractivity contribution in [2.24, 2.45) is 4.99 Å². The third-order valence-corrected chi connectivity index (χ3v) is 5.45. The number of guanidine groups is 1. The molecular weight excluding hydrogens is 437 g/mol. The highest BCUT2D eigenvalue weighted by atomic mass is 127. The number of halogens is 1. The zero-order chi connectivity index (χ0) is 17.5. The molecule has 1 N–H and O–H groups in total. The highest BCUT2D eigenvalue weighted by molar-refractivity contribution is 14.0. The summed E-state index contributed by atoms with van der Waals surface area (Å²) in [5.41, 5.74) is 2.74. The van der Waals surface area contributed by atoms with Crippen LogP contribution in [-0.4, -0.2) is 75.2 Å². The number of fused-ring (bicyclic) bond motifs is 1. The number of nitrogens with zero attached hydrogens (tertiary/aromatic N) is 4. The monoisotopic (exact) mass is 471 g/mol. The van der Waals surface area contributed by atoms with Gasteiger partial charge in [0.05, 0.1) is 0 Å². The third kappa shape index (κ3) is 5.57. The van der Waals surface area contributed by atoms with Crippen LogP contribution in [0.15, 0.2) is 29.3 Å². The summed E-state index contributed by atoms with van der Waals surface area (Å²) in [6.07, 6.45) is 3.57. The van der Waals surface area contributed by atoms with Crippen molar-refractivity contribution in [1.29, 1.82) is 0 Å². The largest absolute Gasteiger partial charge is 0.356 e. The van der Waals surface area contributed by atoms with Crippen LogP contribution in [0.4, 0.5) is 5.69 Å². The van der Waals surface area contributed by atoms with Crippen molar-refractivity contribution in [3.05, 3.63) is 29.8 Å². The molecule has 2 heterocycles. The minimum Gasteiger partial charge on any atom is -0.356 e. The van der Waals surface area contributed by atoms with Gasteiger partial charge in [-0.1, -0.05) is 25.1 Å². The molecule has 0 aliphatic carbocycles. The van der Waals surface area contributed by atoms with Crippen LogP contribution in [0.1, 0.15) is 25.3 Å². The van der Waals surface area contributed by atoms with Crippen molar-refractivity contribution >= 4 is 35.6 Å². The molecule has 2 aliphatic rings. The molecule has 0 radical (unpaired) electrons. The number of hydrogen-bond donors (Lipinski definition) is 1. The Labute approximate surface area is 175 Å². The first-order valence-corrected chi connectivity index (χ1v) is 9.82. The Balaban J connectivity index is 0.00000243. The summed E-state index contributed by atoms with van der Waals surface area (Å²) in [6, 6.07) is 8.66. The minimum atomic E-state index is 0. The smallest absolute Gasteiger partial charge is 0.198 e. The number of benzene rings is 1. The van der Waals surface area contributed by atoms with Gasteiger partial charge in [0.25, 0.3) is 0 Å². The average molecular weight is 471 g/mol. The van der Waals surface area contributed by atoms with Crippen LogP contribution in [0, 0.1) is 0 Å². The SMILES string of the molecule is CCN1CCN(CCCCNC(=NC)N2CCc3ccccc32)CC1.I. The number of aliphatic imine (C=N–C) groups is 1. The van der Waals surface area contributed by atoms with Crippen molar-refractivity contribution in [3.8, 4) is 0 Å². The van der Waals surface area contributed by atoms with Crippen molar-refractivity contribution in [2.45, 2.75) is 26.2 Å². The van der Waals surface area contributed by atoms with Crippen LogP contribution in [0.5, 0.6) is 0 Å². The minimum absolute atomic E-state index is 0. The van der Waals surface area contributed by atoms with E-state index in [9.17, 15) is 0 Å². The molecule has 0 spiro atoms. The molecule has 0 bridgehead atoms. The predicted octanol–water partition coefficient (Wildman–Crippen LogP) is 2.66. The van der Waals surface area contributed by atoms with Crippen LogP contribution in [0.3, 0.4) is 0 Å². The zero-order valence-corrected chi connectivity index (χ0v) is 18.6. The Morgan fingerprint density at radius 2 is 1.77 bits per heavy atom. The second-order valence-electron chi connectivity index (χ2n) is 6.99. The van der Waals surface area contributed by atoms with Crippen molar-refractivity contribution in [2.75, 3.05) is 64.3 Å². The van der Waals surface area contributed by atoms with E-state index in [1.165, 1.54) is 63.4 Å². The molecule has 1 aromatic rings. The number of nitrogens with one attached hydrogen (secondary N) is 1. The molecule has 1 aromatic carbocycles. The van der Waals surface area contributed by atoms with Gasteiger partial charge in [0.1, 0.15) is 0 Å². The Hall–Kier alpha value is -0.860. The summed E-state index contributed by atoms with van der Waals surface area (Å²) in [7, 11) is 1.89. The number of anilines is 1. The van der Waals surface area contributed by atoms with Gasteiger partial charge in [0.15, 0.2) is 5.96 Å². The van der Waals surface area contributed by atoms with E-state index in [0.29, 0.717) is 0 Å². The number of para-hydroxylation sites is 1. The van der Waals surface area contributed by atoms with Gasteiger partial charge in [-0.3, -0.25) is 4.99 Å². The fourth-order valence-electron chi connectivity index (χ4n) is 3.84. The summed E-state index contributed by atoms with van der Waals surface area (Å²) in [6.45, 7) is 11.6. The first-order chi connectivity index (χ1) is 12.3. The molecule has 0 amide bonds. The first-order valence-electron chi connectivity index (χ1n) is 9.82. The molecule has 1 fully saturated rings. The van der Waals surface area contributed by atoms with Gasteiger partial charge in [-0.2, -0.15) is 0 Å². The summed E-state index contributed by atoms with van der Waals surface area (Å²) in [5.74, 6) is 1.02. The van der Waals surface area contributed by atoms with Crippen molar-refractivity contribution in [1.82, 2.24) is 15.1 Å². The predicted molar refractivity (Wildman–Crippen MR) is 122 cm³/mol. The number of unbranched alkanes of at least 4 members (excludes halogenated alkanes) is 1. The Morgan fingerprint density at radius 1 is 1.04 bits per heavy atom. The van der Waals surface area contributed by atoms with E-state index in [-0.39, 0.29) is 24.0 Å². The molecule has 0 atom stereocenters. The fraction of sp³-hybridized carbons (Fsp3) is 0.650. The van der Waals surface area contributed by atoms with E-state index < -0.39 is 0 Å². The lowest BCUT2D eigenvalue weighted by Gasteiger charge is -2.34. The Kier molecular flexibility index (Phi) is 9.15. The van der Waals surface area contributed by atoms with Gasteiger partial charge in [-0.25, -0.2) is 0 Å². The van der Waals surface area contributed by atoms with E-state index in [0.717, 1.165) is 25.5 Å². The molecule has 3 rings (SSSR count). The van der Waals surface area contributed by atoms with Crippen molar-refractivity contribution < 1.29 is 0 Å². The number of hydrogen-bond acceptors (Lipinski definition) is 3. The van der Waals surface area contributed by atoms with Gasteiger partial charge in [-0.15, -0.1) is 24.0 Å². The lowest BCUT2D eigenvalue weighted by molar-refractivity contribution is 0.136. The third-order valence-electron chi connectivity index (χ3n) is 5.45. The van der Waals surface area contributed by atoms with Crippen LogP contribution < -0.4 is 10.2 Å². The second kappa shape index (κ2) is 11.1. The number of rotatable bonds is 6. The maximum atomic E-state index is 4.49. The molecule has 0 unspecified atom stereocenters. The van der Waals surface area contributed by atoms with Crippen LogP contribution in [-0.2, 0) is 6.42 Å². The molecule has 5 nitrogen and oxygen atoms in total. The fourth-order valence-corrected chi connectivity index (χ4v) is 3.84. The lowest BCUT2D eigenvalue weighted by atomic mass is 10.2. The molecule has 0 aromatic heterocycles. The highest BCUT2D eigenvalue weighted by Crippen LogP contribution is 2.27. The van der Waals surface area contributed by atoms with E-state index in [4.69, 9.17) is 0 Å². The zero-order valence-electron chi connectivity index (χ0n) is 16.3. The van der Waals surface area contributed by atoms with Gasteiger partial charge >= 0.3 is 0 Å². The van der Waals surface area contributed by atoms with Gasteiger partial charge in [-0.05, 0) is 44.0 Å². The summed E-state index contributed by atoms with van der Waals surface area (Å²) in [5, 5.41) is 3.56. The topological polar surface area (TPSA) is 34.1 Å². The maximum absolute atomic E-state index is 4.49. The van der Waals surface area contributed by atoms with E-state index >= 15 is 0 Å². The van der Waals surface area contributed by atoms with E-state index in [1.54, 1.807) is 0 Å². The summed E-state index contributed by atoms with van der Waals surface area (Å²) >= 11 is 0. The van der Waals surface area contributed by atoms with E-state index in [1.807, 2.05) is 7.05 Å². The number of piperazine rings is 1. The van der Waals surface area contributed by atoms with Crippen LogP contribution >= 0.6 is 24.0 Å². The normalized spacial score (nSPS) is 18.5. The van der Waals surface area contributed by atoms with Gasteiger partial charge in [0.2, 0.25) is 0 Å². The maximum Gasteiger partial charge on any atom is 0.198 e. The van der Waals surface area contributed by atoms with Crippen LogP contribution in [0.2, 0.25) is 0 Å².